The number of terminal acetylenes is 1. The summed E-state index contributed by atoms with van der Waals surface area (Å²) in [4.78, 5) is 3.54. The van der Waals surface area contributed by atoms with Crippen molar-refractivity contribution < 1.29 is 4.39 Å². The highest BCUT2D eigenvalue weighted by Crippen LogP contribution is 2.01. The van der Waals surface area contributed by atoms with Crippen molar-refractivity contribution in [2.24, 2.45) is 0 Å². The summed E-state index contributed by atoms with van der Waals surface area (Å²) in [6, 6.07) is 4.50. The van der Waals surface area contributed by atoms with Crippen LogP contribution in [0.2, 0.25) is 0 Å². The topological polar surface area (TPSA) is 24.9 Å². The van der Waals surface area contributed by atoms with Gasteiger partial charge < -0.3 is 5.32 Å². The molecule has 0 aliphatic rings. The molecule has 1 heterocycles. The number of halogens is 1. The Kier molecular flexibility index (Phi) is 2.45. The summed E-state index contributed by atoms with van der Waals surface area (Å²) in [6.07, 6.45) is 4.98. The lowest BCUT2D eigenvalue weighted by atomic mass is 10.4. The first-order chi connectivity index (χ1) is 5.33. The lowest BCUT2D eigenvalue weighted by Crippen LogP contribution is -2.00. The van der Waals surface area contributed by atoms with E-state index in [2.05, 4.69) is 16.2 Å². The van der Waals surface area contributed by atoms with Crippen molar-refractivity contribution >= 4 is 5.82 Å². The predicted molar refractivity (Wildman–Crippen MR) is 41.5 cm³/mol. The molecule has 0 aromatic carbocycles. The molecule has 56 valence electrons. The van der Waals surface area contributed by atoms with E-state index in [4.69, 9.17) is 6.42 Å². The number of hydrogen-bond donors (Lipinski definition) is 1. The van der Waals surface area contributed by atoms with Crippen molar-refractivity contribution in [2.45, 2.75) is 0 Å². The Labute approximate surface area is 64.5 Å². The molecule has 1 rings (SSSR count). The summed E-state index contributed by atoms with van der Waals surface area (Å²) in [5.41, 5.74) is 0. The molecular formula is C8H7FN2. The fourth-order valence-electron chi connectivity index (χ4n) is 0.648. The van der Waals surface area contributed by atoms with Crippen molar-refractivity contribution in [3.63, 3.8) is 0 Å². The molecule has 0 aliphatic carbocycles. The zero-order valence-electron chi connectivity index (χ0n) is 5.84. The van der Waals surface area contributed by atoms with Gasteiger partial charge in [0.2, 0.25) is 5.95 Å². The van der Waals surface area contributed by atoms with Crippen LogP contribution in [0, 0.1) is 18.3 Å². The Hall–Kier alpha value is -1.56. The van der Waals surface area contributed by atoms with Crippen LogP contribution in [0.5, 0.6) is 0 Å². The minimum absolute atomic E-state index is 0.358. The Balaban J connectivity index is 2.65. The van der Waals surface area contributed by atoms with E-state index in [0.717, 1.165) is 0 Å². The summed E-state index contributed by atoms with van der Waals surface area (Å²) < 4.78 is 12.4. The molecular weight excluding hydrogens is 143 g/mol. The Morgan fingerprint density at radius 2 is 2.45 bits per heavy atom. The minimum Gasteiger partial charge on any atom is -0.359 e. The fraction of sp³-hybridized carbons (Fsp3) is 0.125. The van der Waals surface area contributed by atoms with Gasteiger partial charge >= 0.3 is 0 Å². The van der Waals surface area contributed by atoms with Crippen LogP contribution < -0.4 is 5.32 Å². The molecule has 0 unspecified atom stereocenters. The largest absolute Gasteiger partial charge is 0.359 e. The lowest BCUT2D eigenvalue weighted by Gasteiger charge is -1.98. The van der Waals surface area contributed by atoms with Crippen molar-refractivity contribution in [1.82, 2.24) is 4.98 Å². The standard InChI is InChI=1S/C8H7FN2/c1-2-6-10-8-5-3-4-7(9)11-8/h1,3-5H,6H2,(H,10,11). The van der Waals surface area contributed by atoms with Gasteiger partial charge in [0, 0.05) is 0 Å². The molecule has 0 amide bonds. The van der Waals surface area contributed by atoms with E-state index >= 15 is 0 Å². The second kappa shape index (κ2) is 3.57. The third-order valence-electron chi connectivity index (χ3n) is 1.09. The molecule has 1 aromatic heterocycles. The monoisotopic (exact) mass is 150 g/mol. The average molecular weight is 150 g/mol. The molecule has 0 atom stereocenters. The van der Waals surface area contributed by atoms with Gasteiger partial charge in [0.15, 0.2) is 0 Å². The summed E-state index contributed by atoms with van der Waals surface area (Å²) in [6.45, 7) is 0.358. The highest BCUT2D eigenvalue weighted by atomic mass is 19.1. The third kappa shape index (κ3) is 2.26. The first-order valence-electron chi connectivity index (χ1n) is 3.13. The van der Waals surface area contributed by atoms with E-state index < -0.39 is 5.95 Å². The highest BCUT2D eigenvalue weighted by molar-refractivity contribution is 5.34. The van der Waals surface area contributed by atoms with Gasteiger partial charge in [0.1, 0.15) is 5.82 Å². The van der Waals surface area contributed by atoms with Gasteiger partial charge in [-0.3, -0.25) is 0 Å². The van der Waals surface area contributed by atoms with Crippen molar-refractivity contribution in [3.05, 3.63) is 24.1 Å². The van der Waals surface area contributed by atoms with Crippen molar-refractivity contribution in [1.29, 1.82) is 0 Å². The maximum Gasteiger partial charge on any atom is 0.214 e. The first-order valence-corrected chi connectivity index (χ1v) is 3.13. The number of pyridine rings is 1. The van der Waals surface area contributed by atoms with Gasteiger partial charge in [-0.2, -0.15) is 4.39 Å². The number of anilines is 1. The molecule has 0 saturated heterocycles. The molecule has 0 bridgehead atoms. The molecule has 0 radical (unpaired) electrons. The summed E-state index contributed by atoms with van der Waals surface area (Å²) >= 11 is 0. The van der Waals surface area contributed by atoms with E-state index in [0.29, 0.717) is 12.4 Å². The van der Waals surface area contributed by atoms with Crippen LogP contribution >= 0.6 is 0 Å². The highest BCUT2D eigenvalue weighted by Gasteiger charge is 1.92. The Bertz CT molecular complexity index is 278. The number of rotatable bonds is 2. The predicted octanol–water partition coefficient (Wildman–Crippen LogP) is 1.27. The van der Waals surface area contributed by atoms with E-state index in [-0.39, 0.29) is 0 Å². The molecule has 0 aliphatic heterocycles. The minimum atomic E-state index is -0.507. The average Bonchev–Trinajstić information content (AvgIpc) is 2.01. The van der Waals surface area contributed by atoms with Crippen LogP contribution in [0.1, 0.15) is 0 Å². The van der Waals surface area contributed by atoms with Crippen LogP contribution in [0.25, 0.3) is 0 Å². The quantitative estimate of drug-likeness (QED) is 0.507. The normalized spacial score (nSPS) is 8.73. The van der Waals surface area contributed by atoms with Crippen LogP contribution in [0.3, 0.4) is 0 Å². The Morgan fingerprint density at radius 3 is 3.09 bits per heavy atom. The Morgan fingerprint density at radius 1 is 1.64 bits per heavy atom. The van der Waals surface area contributed by atoms with Crippen LogP contribution in [0.15, 0.2) is 18.2 Å². The SMILES string of the molecule is C#CCNc1cccc(F)n1. The molecule has 2 nitrogen and oxygen atoms in total. The smallest absolute Gasteiger partial charge is 0.214 e. The van der Waals surface area contributed by atoms with E-state index in [1.807, 2.05) is 0 Å². The molecule has 1 aromatic rings. The summed E-state index contributed by atoms with van der Waals surface area (Å²) in [5.74, 6) is 2.32. The van der Waals surface area contributed by atoms with Gasteiger partial charge in [0.05, 0.1) is 6.54 Å². The number of aromatic nitrogens is 1. The van der Waals surface area contributed by atoms with Gasteiger partial charge in [0.25, 0.3) is 0 Å². The molecule has 0 spiro atoms. The third-order valence-corrected chi connectivity index (χ3v) is 1.09. The maximum atomic E-state index is 12.4. The second-order valence-electron chi connectivity index (χ2n) is 1.90. The molecule has 3 heteroatoms. The number of nitrogens with zero attached hydrogens (tertiary/aromatic N) is 1. The van der Waals surface area contributed by atoms with Gasteiger partial charge in [-0.25, -0.2) is 4.98 Å². The summed E-state index contributed by atoms with van der Waals surface area (Å²) in [7, 11) is 0. The zero-order valence-corrected chi connectivity index (χ0v) is 5.84. The lowest BCUT2D eigenvalue weighted by molar-refractivity contribution is 0.585. The molecule has 0 saturated carbocycles. The summed E-state index contributed by atoms with van der Waals surface area (Å²) in [5, 5.41) is 2.75. The molecule has 0 fully saturated rings. The van der Waals surface area contributed by atoms with E-state index in [1.54, 1.807) is 12.1 Å². The number of nitrogens with one attached hydrogen (secondary N) is 1. The van der Waals surface area contributed by atoms with E-state index in [1.165, 1.54) is 6.07 Å². The van der Waals surface area contributed by atoms with Gasteiger partial charge in [-0.05, 0) is 12.1 Å². The van der Waals surface area contributed by atoms with Crippen LogP contribution in [0.4, 0.5) is 10.2 Å². The fourth-order valence-corrected chi connectivity index (χ4v) is 0.648. The number of hydrogen-bond acceptors (Lipinski definition) is 2. The second-order valence-corrected chi connectivity index (χ2v) is 1.90. The van der Waals surface area contributed by atoms with Gasteiger partial charge in [-0.15, -0.1) is 6.42 Å². The van der Waals surface area contributed by atoms with Crippen molar-refractivity contribution in [3.8, 4) is 12.3 Å². The van der Waals surface area contributed by atoms with Crippen LogP contribution in [-0.2, 0) is 0 Å². The first kappa shape index (κ1) is 7.55. The maximum absolute atomic E-state index is 12.4. The van der Waals surface area contributed by atoms with Crippen LogP contribution in [-0.4, -0.2) is 11.5 Å². The zero-order chi connectivity index (χ0) is 8.10. The molecule has 1 N–H and O–H groups in total. The molecule has 11 heavy (non-hydrogen) atoms. The van der Waals surface area contributed by atoms with Gasteiger partial charge in [-0.1, -0.05) is 12.0 Å². The van der Waals surface area contributed by atoms with E-state index in [9.17, 15) is 4.39 Å². The van der Waals surface area contributed by atoms with Crippen molar-refractivity contribution in [2.75, 3.05) is 11.9 Å².